The van der Waals surface area contributed by atoms with E-state index in [0.717, 1.165) is 11.3 Å². The number of nitrogens with zero attached hydrogens (tertiary/aromatic N) is 1. The van der Waals surface area contributed by atoms with Crippen molar-refractivity contribution >= 4 is 35.1 Å². The van der Waals surface area contributed by atoms with Gasteiger partial charge >= 0.3 is 11.9 Å². The number of hydrogen-bond donors (Lipinski definition) is 1. The van der Waals surface area contributed by atoms with Crippen LogP contribution in [0.25, 0.3) is 0 Å². The summed E-state index contributed by atoms with van der Waals surface area (Å²) in [6.45, 7) is 2.12. The summed E-state index contributed by atoms with van der Waals surface area (Å²) in [5.74, 6) is -2.45. The molecule has 8 nitrogen and oxygen atoms in total. The van der Waals surface area contributed by atoms with Crippen LogP contribution in [-0.2, 0) is 19.1 Å². The monoisotopic (exact) mass is 410 g/mol. The fourth-order valence-corrected chi connectivity index (χ4v) is 3.40. The number of ether oxygens (including phenoxy) is 2. The van der Waals surface area contributed by atoms with Crippen LogP contribution in [0, 0.1) is 12.8 Å². The summed E-state index contributed by atoms with van der Waals surface area (Å²) in [4.78, 5) is 50.9. The molecule has 0 saturated carbocycles. The number of aryl methyl sites for hydroxylation is 1. The lowest BCUT2D eigenvalue weighted by molar-refractivity contribution is -0.122. The zero-order valence-corrected chi connectivity index (χ0v) is 16.9. The van der Waals surface area contributed by atoms with E-state index in [-0.39, 0.29) is 35.7 Å². The van der Waals surface area contributed by atoms with Gasteiger partial charge in [0.25, 0.3) is 0 Å². The summed E-state index contributed by atoms with van der Waals surface area (Å²) in [5.41, 5.74) is 2.09. The maximum Gasteiger partial charge on any atom is 0.339 e. The van der Waals surface area contributed by atoms with Gasteiger partial charge in [0, 0.05) is 18.7 Å². The van der Waals surface area contributed by atoms with Crippen molar-refractivity contribution in [3.05, 3.63) is 59.2 Å². The lowest BCUT2D eigenvalue weighted by atomic mass is 10.1. The van der Waals surface area contributed by atoms with E-state index in [9.17, 15) is 19.2 Å². The third-order valence-electron chi connectivity index (χ3n) is 5.01. The van der Waals surface area contributed by atoms with E-state index < -0.39 is 23.8 Å². The molecular formula is C22H22N2O6. The van der Waals surface area contributed by atoms with Gasteiger partial charge in [-0.3, -0.25) is 9.59 Å². The molecule has 156 valence electrons. The van der Waals surface area contributed by atoms with Crippen LogP contribution in [0.1, 0.15) is 32.7 Å². The zero-order valence-electron chi connectivity index (χ0n) is 16.9. The van der Waals surface area contributed by atoms with E-state index in [1.807, 2.05) is 31.2 Å². The van der Waals surface area contributed by atoms with Crippen LogP contribution in [0.15, 0.2) is 42.5 Å². The first-order chi connectivity index (χ1) is 14.3. The topological polar surface area (TPSA) is 102 Å². The number of carbonyl (C=O) groups excluding carboxylic acids is 4. The van der Waals surface area contributed by atoms with Gasteiger partial charge in [-0.05, 0) is 36.8 Å². The van der Waals surface area contributed by atoms with E-state index in [1.54, 1.807) is 4.90 Å². The molecule has 1 atom stereocenters. The Kier molecular flexibility index (Phi) is 6.15. The van der Waals surface area contributed by atoms with Gasteiger partial charge in [0.05, 0.1) is 37.0 Å². The number of carbonyl (C=O) groups is 4. The van der Waals surface area contributed by atoms with Crippen LogP contribution >= 0.6 is 0 Å². The number of methoxy groups -OCH3 is 2. The molecule has 8 heteroatoms. The van der Waals surface area contributed by atoms with Crippen molar-refractivity contribution in [3.63, 3.8) is 0 Å². The molecule has 2 aromatic rings. The van der Waals surface area contributed by atoms with Crippen LogP contribution < -0.4 is 10.2 Å². The van der Waals surface area contributed by atoms with Crippen molar-refractivity contribution in [1.29, 1.82) is 0 Å². The lowest BCUT2D eigenvalue weighted by Gasteiger charge is -2.19. The van der Waals surface area contributed by atoms with Gasteiger partial charge in [0.15, 0.2) is 0 Å². The van der Waals surface area contributed by atoms with Gasteiger partial charge in [-0.15, -0.1) is 0 Å². The summed E-state index contributed by atoms with van der Waals surface area (Å²) >= 11 is 0. The van der Waals surface area contributed by atoms with Gasteiger partial charge in [-0.2, -0.15) is 0 Å². The molecule has 2 amide bonds. The summed E-state index contributed by atoms with van der Waals surface area (Å²) in [5, 5.41) is 2.67. The van der Waals surface area contributed by atoms with Gasteiger partial charge in [0.1, 0.15) is 0 Å². The van der Waals surface area contributed by atoms with E-state index in [4.69, 9.17) is 9.47 Å². The number of hydrogen-bond acceptors (Lipinski definition) is 6. The molecule has 0 radical (unpaired) electrons. The predicted molar refractivity (Wildman–Crippen MR) is 109 cm³/mol. The molecule has 2 aromatic carbocycles. The van der Waals surface area contributed by atoms with E-state index in [2.05, 4.69) is 5.32 Å². The molecule has 1 aliphatic rings. The second-order valence-electron chi connectivity index (χ2n) is 6.92. The summed E-state index contributed by atoms with van der Waals surface area (Å²) in [6.07, 6.45) is 0.0460. The summed E-state index contributed by atoms with van der Waals surface area (Å²) in [7, 11) is 2.46. The molecule has 0 spiro atoms. The number of amides is 2. The van der Waals surface area contributed by atoms with E-state index in [0.29, 0.717) is 0 Å². The van der Waals surface area contributed by atoms with Crippen molar-refractivity contribution < 1.29 is 28.7 Å². The van der Waals surface area contributed by atoms with Gasteiger partial charge in [-0.1, -0.05) is 18.2 Å². The maximum absolute atomic E-state index is 12.9. The van der Waals surface area contributed by atoms with Crippen molar-refractivity contribution in [2.45, 2.75) is 13.3 Å². The third kappa shape index (κ3) is 4.17. The molecular weight excluding hydrogens is 388 g/mol. The highest BCUT2D eigenvalue weighted by atomic mass is 16.5. The number of anilines is 2. The minimum absolute atomic E-state index is 0.0460. The zero-order chi connectivity index (χ0) is 21.8. The Labute approximate surface area is 173 Å². The Bertz CT molecular complexity index is 1020. The van der Waals surface area contributed by atoms with Crippen LogP contribution in [0.2, 0.25) is 0 Å². The Morgan fingerprint density at radius 1 is 1.03 bits per heavy atom. The molecule has 1 N–H and O–H groups in total. The normalized spacial score (nSPS) is 15.6. The van der Waals surface area contributed by atoms with Crippen molar-refractivity contribution in [2.24, 2.45) is 5.92 Å². The third-order valence-corrected chi connectivity index (χ3v) is 5.01. The fourth-order valence-electron chi connectivity index (χ4n) is 3.40. The van der Waals surface area contributed by atoms with Gasteiger partial charge in [0.2, 0.25) is 11.8 Å². The quantitative estimate of drug-likeness (QED) is 0.760. The number of esters is 2. The molecule has 1 saturated heterocycles. The van der Waals surface area contributed by atoms with E-state index in [1.165, 1.54) is 32.4 Å². The maximum atomic E-state index is 12.9. The lowest BCUT2D eigenvalue weighted by Crippen LogP contribution is -2.29. The fraction of sp³-hybridized carbons (Fsp3) is 0.273. The van der Waals surface area contributed by atoms with Gasteiger partial charge < -0.3 is 19.7 Å². The van der Waals surface area contributed by atoms with Crippen LogP contribution in [0.3, 0.4) is 0 Å². The minimum Gasteiger partial charge on any atom is -0.465 e. The standard InChI is InChI=1S/C22H22N2O6/c1-13-6-4-5-7-18(13)24-12-15(11-19(24)25)20(26)23-17-10-14(21(27)29-2)8-9-16(17)22(28)30-3/h4-10,15H,11-12H2,1-3H3,(H,23,26)/t15-/m0/s1. The molecule has 0 unspecified atom stereocenters. The SMILES string of the molecule is COC(=O)c1ccc(C(=O)OC)c(NC(=O)[C@H]2CC(=O)N(c3ccccc3C)C2)c1. The van der Waals surface area contributed by atoms with Crippen LogP contribution in [0.5, 0.6) is 0 Å². The van der Waals surface area contributed by atoms with Crippen molar-refractivity contribution in [2.75, 3.05) is 31.0 Å². The summed E-state index contributed by atoms with van der Waals surface area (Å²) in [6, 6.07) is 11.6. The van der Waals surface area contributed by atoms with Crippen LogP contribution in [0.4, 0.5) is 11.4 Å². The first-order valence-corrected chi connectivity index (χ1v) is 9.33. The molecule has 0 aromatic heterocycles. The molecule has 3 rings (SSSR count). The second-order valence-corrected chi connectivity index (χ2v) is 6.92. The molecule has 0 aliphatic carbocycles. The smallest absolute Gasteiger partial charge is 0.339 e. The average molecular weight is 410 g/mol. The molecule has 30 heavy (non-hydrogen) atoms. The number of benzene rings is 2. The van der Waals surface area contributed by atoms with Gasteiger partial charge in [-0.25, -0.2) is 9.59 Å². The highest BCUT2D eigenvalue weighted by Gasteiger charge is 2.36. The Hall–Kier alpha value is -3.68. The Balaban J connectivity index is 1.83. The predicted octanol–water partition coefficient (Wildman–Crippen LogP) is 2.56. The Morgan fingerprint density at radius 2 is 1.73 bits per heavy atom. The van der Waals surface area contributed by atoms with E-state index >= 15 is 0 Å². The second kappa shape index (κ2) is 8.77. The molecule has 1 aliphatic heterocycles. The first-order valence-electron chi connectivity index (χ1n) is 9.33. The largest absolute Gasteiger partial charge is 0.465 e. The summed E-state index contributed by atoms with van der Waals surface area (Å²) < 4.78 is 9.44. The molecule has 1 fully saturated rings. The highest BCUT2D eigenvalue weighted by molar-refractivity contribution is 6.07. The minimum atomic E-state index is -0.661. The van der Waals surface area contributed by atoms with Crippen molar-refractivity contribution in [1.82, 2.24) is 0 Å². The first kappa shape index (κ1) is 21.0. The highest BCUT2D eigenvalue weighted by Crippen LogP contribution is 2.29. The molecule has 0 bridgehead atoms. The Morgan fingerprint density at radius 3 is 2.40 bits per heavy atom. The van der Waals surface area contributed by atoms with Crippen LogP contribution in [-0.4, -0.2) is 44.5 Å². The number of para-hydroxylation sites is 1. The number of nitrogens with one attached hydrogen (secondary N) is 1. The molecule has 1 heterocycles. The number of rotatable bonds is 5. The van der Waals surface area contributed by atoms with Crippen molar-refractivity contribution in [3.8, 4) is 0 Å². The average Bonchev–Trinajstić information content (AvgIpc) is 3.14.